The molecule has 1 aliphatic heterocycles. The maximum Gasteiger partial charge on any atom is 0.338 e. The number of rotatable bonds is 2. The summed E-state index contributed by atoms with van der Waals surface area (Å²) in [5.74, 6) is -0.375. The molecule has 6 heteroatoms. The number of hydrogen-bond donors (Lipinski definition) is 2. The second-order valence-electron chi connectivity index (χ2n) is 4.51. The zero-order chi connectivity index (χ0) is 14.8. The molecule has 2 amide bonds. The maximum absolute atomic E-state index is 11.9. The number of hydrogen-bond acceptors (Lipinski definition) is 3. The van der Waals surface area contributed by atoms with Gasteiger partial charge in [0.05, 0.1) is 16.3 Å². The molecule has 0 aliphatic carbocycles. The van der Waals surface area contributed by atoms with Crippen LogP contribution >= 0.6 is 11.6 Å². The highest BCUT2D eigenvalue weighted by molar-refractivity contribution is 6.33. The molecular weight excluding hydrogens is 292 g/mol. The SMILES string of the molecule is O=C(Nc1ccc2c(c1)C(=O)OC2)Nc1ccccc1Cl. The van der Waals surface area contributed by atoms with Crippen molar-refractivity contribution < 1.29 is 14.3 Å². The third kappa shape index (κ3) is 2.83. The van der Waals surface area contributed by atoms with Gasteiger partial charge < -0.3 is 15.4 Å². The average Bonchev–Trinajstić information content (AvgIpc) is 2.83. The first kappa shape index (κ1) is 13.5. The van der Waals surface area contributed by atoms with Crippen molar-refractivity contribution in [3.8, 4) is 0 Å². The Kier molecular flexibility index (Phi) is 3.50. The van der Waals surface area contributed by atoms with Gasteiger partial charge in [0.15, 0.2) is 0 Å². The Morgan fingerprint density at radius 2 is 1.95 bits per heavy atom. The van der Waals surface area contributed by atoms with Crippen LogP contribution in [0.3, 0.4) is 0 Å². The van der Waals surface area contributed by atoms with E-state index in [0.717, 1.165) is 5.56 Å². The van der Waals surface area contributed by atoms with Crippen LogP contribution in [0.2, 0.25) is 5.02 Å². The Hall–Kier alpha value is -2.53. The number of carbonyl (C=O) groups is 2. The second kappa shape index (κ2) is 5.46. The fourth-order valence-electron chi connectivity index (χ4n) is 2.04. The zero-order valence-corrected chi connectivity index (χ0v) is 11.6. The fourth-order valence-corrected chi connectivity index (χ4v) is 2.22. The molecule has 21 heavy (non-hydrogen) atoms. The number of urea groups is 1. The Balaban J connectivity index is 1.72. The van der Waals surface area contributed by atoms with Crippen LogP contribution in [0.5, 0.6) is 0 Å². The predicted molar refractivity (Wildman–Crippen MR) is 79.7 cm³/mol. The lowest BCUT2D eigenvalue weighted by Crippen LogP contribution is -2.19. The highest BCUT2D eigenvalue weighted by Crippen LogP contribution is 2.24. The molecule has 5 nitrogen and oxygen atoms in total. The summed E-state index contributed by atoms with van der Waals surface area (Å²) in [5, 5.41) is 5.74. The molecular formula is C15H11ClN2O3. The first-order valence-electron chi connectivity index (χ1n) is 6.26. The number of benzene rings is 2. The summed E-state index contributed by atoms with van der Waals surface area (Å²) in [6.07, 6.45) is 0. The third-order valence-corrected chi connectivity index (χ3v) is 3.40. The maximum atomic E-state index is 11.9. The largest absolute Gasteiger partial charge is 0.457 e. The number of halogens is 1. The van der Waals surface area contributed by atoms with E-state index in [1.165, 1.54) is 0 Å². The molecule has 2 aromatic rings. The van der Waals surface area contributed by atoms with Gasteiger partial charge in [-0.1, -0.05) is 29.8 Å². The summed E-state index contributed by atoms with van der Waals surface area (Å²) in [7, 11) is 0. The van der Waals surface area contributed by atoms with Gasteiger partial charge in [0, 0.05) is 11.3 Å². The Morgan fingerprint density at radius 3 is 2.76 bits per heavy atom. The van der Waals surface area contributed by atoms with Crippen LogP contribution in [0.15, 0.2) is 42.5 Å². The molecule has 106 valence electrons. The molecule has 3 rings (SSSR count). The highest BCUT2D eigenvalue weighted by atomic mass is 35.5. The Morgan fingerprint density at radius 1 is 1.14 bits per heavy atom. The number of fused-ring (bicyclic) bond motifs is 1. The first-order valence-corrected chi connectivity index (χ1v) is 6.64. The van der Waals surface area contributed by atoms with E-state index in [-0.39, 0.29) is 12.6 Å². The van der Waals surface area contributed by atoms with Gasteiger partial charge >= 0.3 is 12.0 Å². The lowest BCUT2D eigenvalue weighted by molar-refractivity contribution is 0.0535. The molecule has 1 heterocycles. The number of ether oxygens (including phenoxy) is 1. The number of carbonyl (C=O) groups excluding carboxylic acids is 2. The van der Waals surface area contributed by atoms with Crippen LogP contribution in [0.25, 0.3) is 0 Å². The molecule has 0 aromatic heterocycles. The molecule has 0 saturated heterocycles. The zero-order valence-electron chi connectivity index (χ0n) is 10.9. The molecule has 0 atom stereocenters. The summed E-state index contributed by atoms with van der Waals surface area (Å²) in [5.41, 5.74) is 2.32. The van der Waals surface area contributed by atoms with E-state index < -0.39 is 6.03 Å². The third-order valence-electron chi connectivity index (χ3n) is 3.07. The van der Waals surface area contributed by atoms with E-state index in [0.29, 0.717) is 22.0 Å². The summed E-state index contributed by atoms with van der Waals surface area (Å²) in [6.45, 7) is 0.278. The van der Waals surface area contributed by atoms with Crippen molar-refractivity contribution in [1.82, 2.24) is 0 Å². The summed E-state index contributed by atoms with van der Waals surface area (Å²) in [6, 6.07) is 11.6. The van der Waals surface area contributed by atoms with E-state index in [1.807, 2.05) is 0 Å². The number of amides is 2. The predicted octanol–water partition coefficient (Wildman–Crippen LogP) is 3.65. The van der Waals surface area contributed by atoms with Gasteiger partial charge in [-0.2, -0.15) is 0 Å². The van der Waals surface area contributed by atoms with Gasteiger partial charge in [-0.25, -0.2) is 9.59 Å². The minimum Gasteiger partial charge on any atom is -0.457 e. The average molecular weight is 303 g/mol. The van der Waals surface area contributed by atoms with Crippen LogP contribution in [-0.4, -0.2) is 12.0 Å². The topological polar surface area (TPSA) is 67.4 Å². The Bertz CT molecular complexity index is 731. The normalized spacial score (nSPS) is 12.5. The molecule has 0 spiro atoms. The highest BCUT2D eigenvalue weighted by Gasteiger charge is 2.21. The van der Waals surface area contributed by atoms with E-state index in [4.69, 9.17) is 16.3 Å². The lowest BCUT2D eigenvalue weighted by atomic mass is 10.1. The number of cyclic esters (lactones) is 1. The first-order chi connectivity index (χ1) is 10.1. The molecule has 0 bridgehead atoms. The minimum atomic E-state index is -0.436. The van der Waals surface area contributed by atoms with Crippen LogP contribution in [-0.2, 0) is 11.3 Å². The lowest BCUT2D eigenvalue weighted by Gasteiger charge is -2.09. The van der Waals surface area contributed by atoms with E-state index in [2.05, 4.69) is 10.6 Å². The van der Waals surface area contributed by atoms with Crippen LogP contribution < -0.4 is 10.6 Å². The van der Waals surface area contributed by atoms with Crippen molar-refractivity contribution in [2.75, 3.05) is 10.6 Å². The molecule has 2 N–H and O–H groups in total. The summed E-state index contributed by atoms with van der Waals surface area (Å²) < 4.78 is 4.91. The van der Waals surface area contributed by atoms with Gasteiger partial charge in [0.1, 0.15) is 6.61 Å². The molecule has 1 aliphatic rings. The fraction of sp³-hybridized carbons (Fsp3) is 0.0667. The molecule has 0 unspecified atom stereocenters. The number of esters is 1. The van der Waals surface area contributed by atoms with Crippen LogP contribution in [0.1, 0.15) is 15.9 Å². The monoisotopic (exact) mass is 302 g/mol. The number of para-hydroxylation sites is 1. The smallest absolute Gasteiger partial charge is 0.338 e. The van der Waals surface area contributed by atoms with Crippen molar-refractivity contribution >= 4 is 35.0 Å². The standard InChI is InChI=1S/C15H11ClN2O3/c16-12-3-1-2-4-13(12)18-15(20)17-10-6-5-9-8-21-14(19)11(9)7-10/h1-7H,8H2,(H2,17,18,20). The van der Waals surface area contributed by atoms with Crippen molar-refractivity contribution in [3.05, 3.63) is 58.6 Å². The molecule has 0 fully saturated rings. The van der Waals surface area contributed by atoms with E-state index in [9.17, 15) is 9.59 Å². The van der Waals surface area contributed by atoms with Gasteiger partial charge in [-0.05, 0) is 24.3 Å². The second-order valence-corrected chi connectivity index (χ2v) is 4.91. The van der Waals surface area contributed by atoms with Crippen molar-refractivity contribution in [3.63, 3.8) is 0 Å². The minimum absolute atomic E-state index is 0.278. The van der Waals surface area contributed by atoms with Crippen molar-refractivity contribution in [2.24, 2.45) is 0 Å². The molecule has 2 aromatic carbocycles. The molecule has 0 saturated carbocycles. The number of nitrogens with one attached hydrogen (secondary N) is 2. The van der Waals surface area contributed by atoms with E-state index >= 15 is 0 Å². The summed E-state index contributed by atoms with van der Waals surface area (Å²) >= 11 is 5.96. The van der Waals surface area contributed by atoms with Gasteiger partial charge in [-0.3, -0.25) is 0 Å². The van der Waals surface area contributed by atoms with Crippen LogP contribution in [0.4, 0.5) is 16.2 Å². The number of anilines is 2. The quantitative estimate of drug-likeness (QED) is 0.832. The Labute approximate surface area is 125 Å². The van der Waals surface area contributed by atoms with Crippen LogP contribution in [0, 0.1) is 0 Å². The van der Waals surface area contributed by atoms with Crippen molar-refractivity contribution in [1.29, 1.82) is 0 Å². The summed E-state index contributed by atoms with van der Waals surface area (Å²) in [4.78, 5) is 23.4. The van der Waals surface area contributed by atoms with Crippen molar-refractivity contribution in [2.45, 2.75) is 6.61 Å². The van der Waals surface area contributed by atoms with Gasteiger partial charge in [0.2, 0.25) is 0 Å². The van der Waals surface area contributed by atoms with Gasteiger partial charge in [-0.15, -0.1) is 0 Å². The van der Waals surface area contributed by atoms with Gasteiger partial charge in [0.25, 0.3) is 0 Å². The molecule has 0 radical (unpaired) electrons. The van der Waals surface area contributed by atoms with E-state index in [1.54, 1.807) is 42.5 Å².